The maximum Gasteiger partial charge on any atom is 0.309 e. The van der Waals surface area contributed by atoms with Crippen LogP contribution in [0.4, 0.5) is 0 Å². The molecule has 23 heavy (non-hydrogen) atoms. The van der Waals surface area contributed by atoms with Crippen LogP contribution in [0.25, 0.3) is 0 Å². The highest BCUT2D eigenvalue weighted by molar-refractivity contribution is 6.35. The first kappa shape index (κ1) is 17.5. The van der Waals surface area contributed by atoms with Crippen LogP contribution >= 0.6 is 0 Å². The second-order valence-corrected chi connectivity index (χ2v) is 5.14. The Morgan fingerprint density at radius 2 is 2.04 bits per heavy atom. The Kier molecular flexibility index (Phi) is 7.05. The van der Waals surface area contributed by atoms with E-state index in [1.54, 1.807) is 6.26 Å². The molecule has 8 nitrogen and oxygen atoms in total. The standard InChI is InChI=1S/C15H23N3O5/c1-21-8-4-16-14(19)15(20)17-11-12(13-3-2-7-23-13)18-5-9-22-10-6-18/h2-3,7,12H,4-6,8-11H2,1H3,(H,16,19)(H,17,20)/t12-/m0/s1. The van der Waals surface area contributed by atoms with Crippen molar-refractivity contribution >= 4 is 11.8 Å². The van der Waals surface area contributed by atoms with Gasteiger partial charge in [-0.1, -0.05) is 0 Å². The van der Waals surface area contributed by atoms with Crippen molar-refractivity contribution in [2.24, 2.45) is 0 Å². The number of amides is 2. The number of carbonyl (C=O) groups excluding carboxylic acids is 2. The fourth-order valence-electron chi connectivity index (χ4n) is 2.40. The molecule has 8 heteroatoms. The van der Waals surface area contributed by atoms with Crippen LogP contribution in [0.2, 0.25) is 0 Å². The first-order valence-electron chi connectivity index (χ1n) is 7.62. The van der Waals surface area contributed by atoms with Gasteiger partial charge in [0.25, 0.3) is 0 Å². The van der Waals surface area contributed by atoms with Crippen LogP contribution in [-0.4, -0.2) is 69.8 Å². The SMILES string of the molecule is COCCNC(=O)C(=O)NC[C@@H](c1ccco1)N1CCOCC1. The van der Waals surface area contributed by atoms with E-state index >= 15 is 0 Å². The monoisotopic (exact) mass is 325 g/mol. The molecule has 1 atom stereocenters. The fraction of sp³-hybridized carbons (Fsp3) is 0.600. The summed E-state index contributed by atoms with van der Waals surface area (Å²) in [5, 5.41) is 5.15. The lowest BCUT2D eigenvalue weighted by atomic mass is 10.1. The van der Waals surface area contributed by atoms with Gasteiger partial charge in [0.15, 0.2) is 0 Å². The summed E-state index contributed by atoms with van der Waals surface area (Å²) in [4.78, 5) is 25.7. The van der Waals surface area contributed by atoms with E-state index in [9.17, 15) is 9.59 Å². The van der Waals surface area contributed by atoms with Crippen LogP contribution in [0.1, 0.15) is 11.8 Å². The van der Waals surface area contributed by atoms with E-state index in [-0.39, 0.29) is 6.04 Å². The van der Waals surface area contributed by atoms with Crippen molar-refractivity contribution in [2.45, 2.75) is 6.04 Å². The van der Waals surface area contributed by atoms with Crippen molar-refractivity contribution in [3.63, 3.8) is 0 Å². The minimum atomic E-state index is -0.665. The number of nitrogens with one attached hydrogen (secondary N) is 2. The summed E-state index contributed by atoms with van der Waals surface area (Å²) in [6.07, 6.45) is 1.60. The van der Waals surface area contributed by atoms with E-state index in [0.717, 1.165) is 18.8 Å². The Morgan fingerprint density at radius 3 is 2.70 bits per heavy atom. The molecule has 0 aromatic carbocycles. The zero-order chi connectivity index (χ0) is 16.5. The number of furan rings is 1. The van der Waals surface area contributed by atoms with E-state index < -0.39 is 11.8 Å². The number of nitrogens with zero attached hydrogens (tertiary/aromatic N) is 1. The van der Waals surface area contributed by atoms with Crippen molar-refractivity contribution in [2.75, 3.05) is 53.1 Å². The molecule has 1 fully saturated rings. The molecule has 0 aliphatic carbocycles. The summed E-state index contributed by atoms with van der Waals surface area (Å²) in [6.45, 7) is 3.74. The van der Waals surface area contributed by atoms with Gasteiger partial charge in [0.2, 0.25) is 0 Å². The van der Waals surface area contributed by atoms with Gasteiger partial charge in [0.05, 0.1) is 32.1 Å². The molecule has 2 N–H and O–H groups in total. The Bertz CT molecular complexity index is 485. The molecule has 2 rings (SSSR count). The van der Waals surface area contributed by atoms with E-state index in [1.807, 2.05) is 12.1 Å². The smallest absolute Gasteiger partial charge is 0.309 e. The predicted molar refractivity (Wildman–Crippen MR) is 81.7 cm³/mol. The van der Waals surface area contributed by atoms with Gasteiger partial charge in [-0.3, -0.25) is 14.5 Å². The van der Waals surface area contributed by atoms with Crippen LogP contribution in [0.5, 0.6) is 0 Å². The minimum Gasteiger partial charge on any atom is -0.468 e. The molecule has 0 spiro atoms. The number of carbonyl (C=O) groups is 2. The lowest BCUT2D eigenvalue weighted by molar-refractivity contribution is -0.139. The summed E-state index contributed by atoms with van der Waals surface area (Å²) >= 11 is 0. The van der Waals surface area contributed by atoms with Gasteiger partial charge < -0.3 is 24.5 Å². The topological polar surface area (TPSA) is 93.0 Å². The van der Waals surface area contributed by atoms with E-state index in [0.29, 0.717) is 32.9 Å². The van der Waals surface area contributed by atoms with Crippen molar-refractivity contribution < 1.29 is 23.5 Å². The van der Waals surface area contributed by atoms with Gasteiger partial charge in [0.1, 0.15) is 5.76 Å². The molecule has 0 radical (unpaired) electrons. The van der Waals surface area contributed by atoms with Crippen molar-refractivity contribution in [3.05, 3.63) is 24.2 Å². The normalized spacial score (nSPS) is 16.7. The summed E-state index contributed by atoms with van der Waals surface area (Å²) in [5.41, 5.74) is 0. The van der Waals surface area contributed by atoms with Gasteiger partial charge in [-0.2, -0.15) is 0 Å². The average Bonchev–Trinajstić information content (AvgIpc) is 3.10. The van der Waals surface area contributed by atoms with Gasteiger partial charge in [-0.25, -0.2) is 0 Å². The maximum absolute atomic E-state index is 11.9. The van der Waals surface area contributed by atoms with Crippen molar-refractivity contribution in [1.29, 1.82) is 0 Å². The van der Waals surface area contributed by atoms with Crippen LogP contribution in [0.15, 0.2) is 22.8 Å². The largest absolute Gasteiger partial charge is 0.468 e. The molecule has 0 bridgehead atoms. The first-order valence-corrected chi connectivity index (χ1v) is 7.62. The van der Waals surface area contributed by atoms with Crippen molar-refractivity contribution in [3.8, 4) is 0 Å². The van der Waals surface area contributed by atoms with E-state index in [2.05, 4.69) is 15.5 Å². The molecule has 0 saturated carbocycles. The number of rotatable bonds is 7. The zero-order valence-electron chi connectivity index (χ0n) is 13.2. The third kappa shape index (κ3) is 5.34. The molecule has 128 valence electrons. The quantitative estimate of drug-likeness (QED) is 0.520. The highest BCUT2D eigenvalue weighted by atomic mass is 16.5. The van der Waals surface area contributed by atoms with Crippen LogP contribution in [-0.2, 0) is 19.1 Å². The molecule has 0 unspecified atom stereocenters. The highest BCUT2D eigenvalue weighted by Crippen LogP contribution is 2.21. The number of methoxy groups -OCH3 is 1. The molecule has 1 saturated heterocycles. The first-order chi connectivity index (χ1) is 11.2. The maximum atomic E-state index is 11.9. The van der Waals surface area contributed by atoms with Gasteiger partial charge in [-0.15, -0.1) is 0 Å². The highest BCUT2D eigenvalue weighted by Gasteiger charge is 2.26. The van der Waals surface area contributed by atoms with Gasteiger partial charge in [-0.05, 0) is 12.1 Å². The Hall–Kier alpha value is -1.90. The fourth-order valence-corrected chi connectivity index (χ4v) is 2.40. The summed E-state index contributed by atoms with van der Waals surface area (Å²) in [5.74, 6) is -0.569. The Morgan fingerprint density at radius 1 is 1.30 bits per heavy atom. The molecule has 1 aliphatic rings. The molecule has 2 amide bonds. The Balaban J connectivity index is 1.88. The van der Waals surface area contributed by atoms with Crippen LogP contribution in [0, 0.1) is 0 Å². The lowest BCUT2D eigenvalue weighted by Crippen LogP contribution is -2.47. The number of hydrogen-bond donors (Lipinski definition) is 2. The van der Waals surface area contributed by atoms with E-state index in [4.69, 9.17) is 13.9 Å². The Labute approximate surface area is 135 Å². The summed E-state index contributed by atoms with van der Waals surface area (Å²) in [6, 6.07) is 3.55. The average molecular weight is 325 g/mol. The third-order valence-corrected chi connectivity index (χ3v) is 3.61. The van der Waals surface area contributed by atoms with Crippen LogP contribution in [0.3, 0.4) is 0 Å². The van der Waals surface area contributed by atoms with Gasteiger partial charge in [0, 0.05) is 33.3 Å². The van der Waals surface area contributed by atoms with Crippen LogP contribution < -0.4 is 10.6 Å². The number of hydrogen-bond acceptors (Lipinski definition) is 6. The van der Waals surface area contributed by atoms with Crippen molar-refractivity contribution in [1.82, 2.24) is 15.5 Å². The number of ether oxygens (including phenoxy) is 2. The molecule has 1 aliphatic heterocycles. The zero-order valence-corrected chi connectivity index (χ0v) is 13.2. The second-order valence-electron chi connectivity index (χ2n) is 5.14. The van der Waals surface area contributed by atoms with E-state index in [1.165, 1.54) is 7.11 Å². The lowest BCUT2D eigenvalue weighted by Gasteiger charge is -2.33. The molecular formula is C15H23N3O5. The molecular weight excluding hydrogens is 302 g/mol. The van der Waals surface area contributed by atoms with Gasteiger partial charge >= 0.3 is 11.8 Å². The summed E-state index contributed by atoms with van der Waals surface area (Å²) in [7, 11) is 1.53. The number of morpholine rings is 1. The third-order valence-electron chi connectivity index (χ3n) is 3.61. The molecule has 2 heterocycles. The summed E-state index contributed by atoms with van der Waals surface area (Å²) < 4.78 is 15.6. The minimum absolute atomic E-state index is 0.121. The molecule has 1 aromatic rings. The predicted octanol–water partition coefficient (Wildman–Crippen LogP) is -0.468. The second kappa shape index (κ2) is 9.29. The molecule has 1 aromatic heterocycles.